The van der Waals surface area contributed by atoms with Crippen molar-refractivity contribution in [3.05, 3.63) is 29.8 Å². The second-order valence-electron chi connectivity index (χ2n) is 5.18. The van der Waals surface area contributed by atoms with Crippen LogP contribution in [0.5, 0.6) is 5.75 Å². The van der Waals surface area contributed by atoms with E-state index in [1.54, 1.807) is 52.1 Å². The molecule has 19 heavy (non-hydrogen) atoms. The standard InChI is InChI=1S/C14H21NO4/c1-14(2,3)19-13(17)15-9-12(16)10-6-5-7-11(8-10)18-4/h5-8,12,16H,9H2,1-4H3,(H,15,17). The summed E-state index contributed by atoms with van der Waals surface area (Å²) in [4.78, 5) is 11.4. The largest absolute Gasteiger partial charge is 0.497 e. The fraction of sp³-hybridized carbons (Fsp3) is 0.500. The first-order valence-electron chi connectivity index (χ1n) is 6.10. The quantitative estimate of drug-likeness (QED) is 0.878. The van der Waals surface area contributed by atoms with Gasteiger partial charge in [0, 0.05) is 0 Å². The molecule has 0 bridgehead atoms. The van der Waals surface area contributed by atoms with Crippen LogP contribution in [-0.2, 0) is 4.74 Å². The van der Waals surface area contributed by atoms with Crippen LogP contribution in [-0.4, -0.2) is 30.5 Å². The normalized spacial score (nSPS) is 12.7. The predicted molar refractivity (Wildman–Crippen MR) is 72.2 cm³/mol. The van der Waals surface area contributed by atoms with E-state index >= 15 is 0 Å². The molecule has 1 unspecified atom stereocenters. The smallest absolute Gasteiger partial charge is 0.407 e. The third-order valence-corrected chi connectivity index (χ3v) is 2.32. The van der Waals surface area contributed by atoms with Crippen molar-refractivity contribution in [3.63, 3.8) is 0 Å². The van der Waals surface area contributed by atoms with Crippen LogP contribution in [0.2, 0.25) is 0 Å². The van der Waals surface area contributed by atoms with E-state index < -0.39 is 17.8 Å². The topological polar surface area (TPSA) is 67.8 Å². The van der Waals surface area contributed by atoms with Gasteiger partial charge in [0.25, 0.3) is 0 Å². The van der Waals surface area contributed by atoms with Gasteiger partial charge in [-0.15, -0.1) is 0 Å². The van der Waals surface area contributed by atoms with Crippen LogP contribution in [0.25, 0.3) is 0 Å². The second-order valence-corrected chi connectivity index (χ2v) is 5.18. The van der Waals surface area contributed by atoms with Crippen molar-refractivity contribution in [1.29, 1.82) is 0 Å². The molecule has 0 radical (unpaired) electrons. The van der Waals surface area contributed by atoms with Gasteiger partial charge in [-0.25, -0.2) is 4.79 Å². The number of hydrogen-bond acceptors (Lipinski definition) is 4. The van der Waals surface area contributed by atoms with Crippen LogP contribution in [0.1, 0.15) is 32.4 Å². The Kier molecular flexibility index (Phi) is 5.18. The number of carbonyl (C=O) groups excluding carboxylic acids is 1. The zero-order valence-corrected chi connectivity index (χ0v) is 11.8. The molecule has 0 heterocycles. The molecule has 5 nitrogen and oxygen atoms in total. The maximum Gasteiger partial charge on any atom is 0.407 e. The lowest BCUT2D eigenvalue weighted by molar-refractivity contribution is 0.0492. The van der Waals surface area contributed by atoms with Crippen molar-refractivity contribution >= 4 is 6.09 Å². The SMILES string of the molecule is COc1cccc(C(O)CNC(=O)OC(C)(C)C)c1. The van der Waals surface area contributed by atoms with Crippen LogP contribution in [0.4, 0.5) is 4.79 Å². The van der Waals surface area contributed by atoms with Gasteiger partial charge < -0.3 is 19.9 Å². The lowest BCUT2D eigenvalue weighted by atomic mass is 10.1. The third-order valence-electron chi connectivity index (χ3n) is 2.32. The number of alkyl carbamates (subject to hydrolysis) is 1. The van der Waals surface area contributed by atoms with Gasteiger partial charge in [-0.3, -0.25) is 0 Å². The fourth-order valence-electron chi connectivity index (χ4n) is 1.46. The van der Waals surface area contributed by atoms with E-state index in [2.05, 4.69) is 5.32 Å². The van der Waals surface area contributed by atoms with Crippen LogP contribution in [0.3, 0.4) is 0 Å². The lowest BCUT2D eigenvalue weighted by Crippen LogP contribution is -2.34. The Labute approximate surface area is 113 Å². The number of methoxy groups -OCH3 is 1. The summed E-state index contributed by atoms with van der Waals surface area (Å²) in [5.74, 6) is 0.661. The van der Waals surface area contributed by atoms with Gasteiger partial charge in [0.15, 0.2) is 0 Å². The molecule has 5 heteroatoms. The molecule has 0 aliphatic carbocycles. The molecule has 1 rings (SSSR count). The fourth-order valence-corrected chi connectivity index (χ4v) is 1.46. The molecule has 0 aromatic heterocycles. The van der Waals surface area contributed by atoms with Gasteiger partial charge in [0.1, 0.15) is 11.4 Å². The number of carbonyl (C=O) groups is 1. The van der Waals surface area contributed by atoms with Crippen LogP contribution in [0, 0.1) is 0 Å². The number of nitrogens with one attached hydrogen (secondary N) is 1. The highest BCUT2D eigenvalue weighted by Crippen LogP contribution is 2.18. The number of benzene rings is 1. The molecule has 2 N–H and O–H groups in total. The van der Waals surface area contributed by atoms with E-state index in [-0.39, 0.29) is 6.54 Å². The summed E-state index contributed by atoms with van der Waals surface area (Å²) in [6, 6.07) is 7.06. The minimum Gasteiger partial charge on any atom is -0.497 e. The monoisotopic (exact) mass is 267 g/mol. The Hall–Kier alpha value is -1.75. The maximum absolute atomic E-state index is 11.4. The Bertz CT molecular complexity index is 426. The summed E-state index contributed by atoms with van der Waals surface area (Å²) in [7, 11) is 1.56. The molecule has 0 fully saturated rings. The molecule has 0 saturated carbocycles. The van der Waals surface area contributed by atoms with Crippen molar-refractivity contribution < 1.29 is 19.4 Å². The average molecular weight is 267 g/mol. The molecule has 1 atom stereocenters. The number of aliphatic hydroxyl groups is 1. The number of amides is 1. The second kappa shape index (κ2) is 6.43. The zero-order chi connectivity index (χ0) is 14.5. The Morgan fingerprint density at radius 2 is 2.11 bits per heavy atom. The molecule has 1 aromatic rings. The molecular weight excluding hydrogens is 246 g/mol. The summed E-state index contributed by atoms with van der Waals surface area (Å²) in [5, 5.41) is 12.5. The van der Waals surface area contributed by atoms with E-state index in [9.17, 15) is 9.90 Å². The molecule has 0 saturated heterocycles. The van der Waals surface area contributed by atoms with Crippen LogP contribution < -0.4 is 10.1 Å². The summed E-state index contributed by atoms with van der Waals surface area (Å²) >= 11 is 0. The molecule has 1 aromatic carbocycles. The summed E-state index contributed by atoms with van der Waals surface area (Å²) in [6.45, 7) is 5.43. The van der Waals surface area contributed by atoms with E-state index in [0.29, 0.717) is 11.3 Å². The average Bonchev–Trinajstić information content (AvgIpc) is 2.34. The first-order valence-corrected chi connectivity index (χ1v) is 6.10. The van der Waals surface area contributed by atoms with Crippen molar-refractivity contribution in [2.75, 3.05) is 13.7 Å². The predicted octanol–water partition coefficient (Wildman–Crippen LogP) is 2.25. The summed E-state index contributed by atoms with van der Waals surface area (Å²) < 4.78 is 10.2. The van der Waals surface area contributed by atoms with Gasteiger partial charge in [0.05, 0.1) is 19.8 Å². The minimum absolute atomic E-state index is 0.0854. The van der Waals surface area contributed by atoms with Crippen LogP contribution >= 0.6 is 0 Å². The Balaban J connectivity index is 2.51. The number of ether oxygens (including phenoxy) is 2. The van der Waals surface area contributed by atoms with Crippen LogP contribution in [0.15, 0.2) is 24.3 Å². The minimum atomic E-state index is -0.803. The summed E-state index contributed by atoms with van der Waals surface area (Å²) in [5.41, 5.74) is 0.126. The number of rotatable bonds is 4. The van der Waals surface area contributed by atoms with Gasteiger partial charge in [-0.1, -0.05) is 12.1 Å². The molecule has 0 aliphatic heterocycles. The number of hydrogen-bond donors (Lipinski definition) is 2. The van der Waals surface area contributed by atoms with Crippen molar-refractivity contribution in [3.8, 4) is 5.75 Å². The van der Waals surface area contributed by atoms with Crippen molar-refractivity contribution in [2.45, 2.75) is 32.5 Å². The van der Waals surface area contributed by atoms with Gasteiger partial charge in [0.2, 0.25) is 0 Å². The highest BCUT2D eigenvalue weighted by atomic mass is 16.6. The lowest BCUT2D eigenvalue weighted by Gasteiger charge is -2.20. The summed E-state index contributed by atoms with van der Waals surface area (Å²) in [6.07, 6.45) is -1.35. The third kappa shape index (κ3) is 5.61. The highest BCUT2D eigenvalue weighted by Gasteiger charge is 2.17. The molecule has 0 spiro atoms. The van der Waals surface area contributed by atoms with Gasteiger partial charge in [-0.2, -0.15) is 0 Å². The molecule has 1 amide bonds. The molecular formula is C14H21NO4. The van der Waals surface area contributed by atoms with E-state index in [4.69, 9.17) is 9.47 Å². The Morgan fingerprint density at radius 1 is 1.42 bits per heavy atom. The Morgan fingerprint density at radius 3 is 2.68 bits per heavy atom. The van der Waals surface area contributed by atoms with E-state index in [1.807, 2.05) is 0 Å². The van der Waals surface area contributed by atoms with Crippen molar-refractivity contribution in [2.24, 2.45) is 0 Å². The van der Waals surface area contributed by atoms with Gasteiger partial charge in [-0.05, 0) is 38.5 Å². The highest BCUT2D eigenvalue weighted by molar-refractivity contribution is 5.67. The first-order chi connectivity index (χ1) is 8.81. The molecule has 0 aliphatic rings. The van der Waals surface area contributed by atoms with E-state index in [0.717, 1.165) is 0 Å². The molecule has 106 valence electrons. The number of aliphatic hydroxyl groups excluding tert-OH is 1. The van der Waals surface area contributed by atoms with Crippen molar-refractivity contribution in [1.82, 2.24) is 5.32 Å². The van der Waals surface area contributed by atoms with E-state index in [1.165, 1.54) is 0 Å². The first kappa shape index (κ1) is 15.3. The van der Waals surface area contributed by atoms with Gasteiger partial charge >= 0.3 is 6.09 Å². The zero-order valence-electron chi connectivity index (χ0n) is 11.8. The maximum atomic E-state index is 11.4.